The highest BCUT2D eigenvalue weighted by atomic mass is 79.9. The van der Waals surface area contributed by atoms with Gasteiger partial charge >= 0.3 is 0 Å². The summed E-state index contributed by atoms with van der Waals surface area (Å²) in [5.41, 5.74) is 0.955. The lowest BCUT2D eigenvalue weighted by molar-refractivity contribution is 0.365. The second-order valence-corrected chi connectivity index (χ2v) is 5.02. The van der Waals surface area contributed by atoms with Crippen molar-refractivity contribution in [1.29, 1.82) is 0 Å². The zero-order chi connectivity index (χ0) is 12.6. The molecule has 0 aromatic heterocycles. The standard InChI is InChI=1S/C12H12BrNO3/c1-7-5-8(13)11(17-2)10(16)9(7)12(3-4-12)14-6-15/h5,16H,3-4H2,1-2H3. The van der Waals surface area contributed by atoms with E-state index in [1.165, 1.54) is 7.11 Å². The largest absolute Gasteiger partial charge is 0.504 e. The number of aromatic hydroxyl groups is 1. The number of phenols is 1. The molecule has 90 valence electrons. The predicted octanol–water partition coefficient (Wildman–Crippen LogP) is 2.80. The number of ether oxygens (including phenoxy) is 1. The van der Waals surface area contributed by atoms with Gasteiger partial charge in [-0.05, 0) is 47.3 Å². The first-order valence-electron chi connectivity index (χ1n) is 5.21. The van der Waals surface area contributed by atoms with Crippen molar-refractivity contribution in [2.45, 2.75) is 25.3 Å². The Labute approximate surface area is 107 Å². The normalized spacial score (nSPS) is 16.2. The topological polar surface area (TPSA) is 58.9 Å². The predicted molar refractivity (Wildman–Crippen MR) is 66.1 cm³/mol. The summed E-state index contributed by atoms with van der Waals surface area (Å²) in [6.45, 7) is 1.87. The van der Waals surface area contributed by atoms with Crippen LogP contribution in [0.25, 0.3) is 0 Å². The van der Waals surface area contributed by atoms with Crippen LogP contribution in [-0.2, 0) is 10.3 Å². The molecule has 0 radical (unpaired) electrons. The molecule has 1 aliphatic carbocycles. The molecule has 2 rings (SSSR count). The van der Waals surface area contributed by atoms with E-state index in [0.717, 1.165) is 18.4 Å². The van der Waals surface area contributed by atoms with Crippen molar-refractivity contribution < 1.29 is 14.6 Å². The van der Waals surface area contributed by atoms with Gasteiger partial charge < -0.3 is 9.84 Å². The van der Waals surface area contributed by atoms with Crippen LogP contribution in [0, 0.1) is 6.92 Å². The number of isocyanates is 1. The van der Waals surface area contributed by atoms with Crippen molar-refractivity contribution in [2.75, 3.05) is 7.11 Å². The highest BCUT2D eigenvalue weighted by Crippen LogP contribution is 2.56. The zero-order valence-electron chi connectivity index (χ0n) is 9.58. The van der Waals surface area contributed by atoms with Crippen LogP contribution in [0.15, 0.2) is 15.5 Å². The molecule has 17 heavy (non-hydrogen) atoms. The Morgan fingerprint density at radius 1 is 1.59 bits per heavy atom. The number of hydrogen-bond acceptors (Lipinski definition) is 4. The van der Waals surface area contributed by atoms with E-state index in [9.17, 15) is 9.90 Å². The highest BCUT2D eigenvalue weighted by molar-refractivity contribution is 9.10. The van der Waals surface area contributed by atoms with Crippen molar-refractivity contribution in [3.8, 4) is 11.5 Å². The summed E-state index contributed by atoms with van der Waals surface area (Å²) < 4.78 is 5.82. The van der Waals surface area contributed by atoms with E-state index in [0.29, 0.717) is 15.8 Å². The molecule has 0 aliphatic heterocycles. The van der Waals surface area contributed by atoms with Crippen LogP contribution in [0.3, 0.4) is 0 Å². The average molecular weight is 298 g/mol. The van der Waals surface area contributed by atoms with Crippen LogP contribution in [0.1, 0.15) is 24.0 Å². The second kappa shape index (κ2) is 4.17. The molecule has 0 spiro atoms. The third-order valence-electron chi connectivity index (χ3n) is 3.06. The fourth-order valence-corrected chi connectivity index (χ4v) is 2.84. The van der Waals surface area contributed by atoms with Crippen LogP contribution in [0.5, 0.6) is 11.5 Å². The first-order valence-corrected chi connectivity index (χ1v) is 6.00. The fraction of sp³-hybridized carbons (Fsp3) is 0.417. The van der Waals surface area contributed by atoms with Crippen molar-refractivity contribution in [3.63, 3.8) is 0 Å². The van der Waals surface area contributed by atoms with Gasteiger partial charge in [0.15, 0.2) is 11.5 Å². The van der Waals surface area contributed by atoms with Gasteiger partial charge in [0.05, 0.1) is 11.6 Å². The van der Waals surface area contributed by atoms with E-state index < -0.39 is 5.54 Å². The minimum atomic E-state index is -0.593. The number of rotatable bonds is 3. The molecular weight excluding hydrogens is 286 g/mol. The third kappa shape index (κ3) is 1.85. The molecule has 1 N–H and O–H groups in total. The van der Waals surface area contributed by atoms with E-state index in [1.807, 2.05) is 13.0 Å². The van der Waals surface area contributed by atoms with E-state index in [2.05, 4.69) is 20.9 Å². The SMILES string of the molecule is COc1c(Br)cc(C)c(C2(N=C=O)CC2)c1O. The van der Waals surface area contributed by atoms with Gasteiger partial charge in [0.25, 0.3) is 0 Å². The minimum Gasteiger partial charge on any atom is -0.504 e. The molecule has 0 amide bonds. The lowest BCUT2D eigenvalue weighted by Gasteiger charge is -2.17. The molecule has 1 fully saturated rings. The molecular formula is C12H12BrNO3. The maximum Gasteiger partial charge on any atom is 0.235 e. The van der Waals surface area contributed by atoms with Crippen LogP contribution < -0.4 is 4.74 Å². The fourth-order valence-electron chi connectivity index (χ4n) is 2.15. The summed E-state index contributed by atoms with van der Waals surface area (Å²) >= 11 is 3.33. The molecule has 0 heterocycles. The van der Waals surface area contributed by atoms with E-state index >= 15 is 0 Å². The molecule has 5 heteroatoms. The van der Waals surface area contributed by atoms with Crippen LogP contribution >= 0.6 is 15.9 Å². The molecule has 0 atom stereocenters. The number of hydrogen-bond donors (Lipinski definition) is 1. The maximum absolute atomic E-state index is 10.5. The zero-order valence-corrected chi connectivity index (χ0v) is 11.2. The maximum atomic E-state index is 10.5. The summed E-state index contributed by atoms with van der Waals surface area (Å²) in [5, 5.41) is 10.2. The monoisotopic (exact) mass is 297 g/mol. The number of phenolic OH excluding ortho intramolecular Hbond substituents is 1. The van der Waals surface area contributed by atoms with Gasteiger partial charge in [0, 0.05) is 5.56 Å². The Balaban J connectivity index is 2.66. The van der Waals surface area contributed by atoms with E-state index in [4.69, 9.17) is 4.74 Å². The van der Waals surface area contributed by atoms with Gasteiger partial charge in [0.1, 0.15) is 5.54 Å². The Morgan fingerprint density at radius 3 is 2.71 bits per heavy atom. The van der Waals surface area contributed by atoms with Crippen LogP contribution in [0.4, 0.5) is 0 Å². The number of benzene rings is 1. The van der Waals surface area contributed by atoms with Crippen molar-refractivity contribution in [1.82, 2.24) is 0 Å². The molecule has 1 aromatic carbocycles. The quantitative estimate of drug-likeness (QED) is 0.689. The van der Waals surface area contributed by atoms with Gasteiger partial charge in [-0.3, -0.25) is 0 Å². The van der Waals surface area contributed by atoms with Crippen LogP contribution in [-0.4, -0.2) is 18.3 Å². The van der Waals surface area contributed by atoms with Crippen molar-refractivity contribution >= 4 is 22.0 Å². The molecule has 0 bridgehead atoms. The molecule has 0 saturated heterocycles. The van der Waals surface area contributed by atoms with E-state index in [-0.39, 0.29) is 5.75 Å². The van der Waals surface area contributed by atoms with Gasteiger partial charge in [-0.1, -0.05) is 0 Å². The van der Waals surface area contributed by atoms with Gasteiger partial charge in [-0.2, -0.15) is 4.99 Å². The lowest BCUT2D eigenvalue weighted by atomic mass is 9.98. The van der Waals surface area contributed by atoms with Gasteiger partial charge in [0.2, 0.25) is 6.08 Å². The molecule has 1 aliphatic rings. The Bertz CT molecular complexity index is 517. The third-order valence-corrected chi connectivity index (χ3v) is 3.65. The first kappa shape index (κ1) is 12.1. The van der Waals surface area contributed by atoms with E-state index in [1.54, 1.807) is 6.08 Å². The smallest absolute Gasteiger partial charge is 0.235 e. The Morgan fingerprint density at radius 2 is 2.24 bits per heavy atom. The highest BCUT2D eigenvalue weighted by Gasteiger charge is 2.48. The molecule has 1 aromatic rings. The summed E-state index contributed by atoms with van der Waals surface area (Å²) in [6, 6.07) is 1.86. The molecule has 1 saturated carbocycles. The average Bonchev–Trinajstić information content (AvgIpc) is 2.98. The number of halogens is 1. The van der Waals surface area contributed by atoms with Gasteiger partial charge in [-0.25, -0.2) is 4.79 Å². The number of carbonyl (C=O) groups excluding carboxylic acids is 1. The number of aryl methyl sites for hydroxylation is 1. The number of nitrogens with zero attached hydrogens (tertiary/aromatic N) is 1. The lowest BCUT2D eigenvalue weighted by Crippen LogP contribution is -2.06. The Kier molecular flexibility index (Phi) is 2.98. The minimum absolute atomic E-state index is 0.0517. The molecule has 4 nitrogen and oxygen atoms in total. The summed E-state index contributed by atoms with van der Waals surface area (Å²) in [4.78, 5) is 14.3. The summed E-state index contributed by atoms with van der Waals surface area (Å²) in [5.74, 6) is 0.425. The Hall–Kier alpha value is -1.32. The summed E-state index contributed by atoms with van der Waals surface area (Å²) in [6.07, 6.45) is 3.09. The van der Waals surface area contributed by atoms with Crippen molar-refractivity contribution in [3.05, 3.63) is 21.7 Å². The van der Waals surface area contributed by atoms with Crippen molar-refractivity contribution in [2.24, 2.45) is 4.99 Å². The van der Waals surface area contributed by atoms with Gasteiger partial charge in [-0.15, -0.1) is 0 Å². The number of methoxy groups -OCH3 is 1. The van der Waals surface area contributed by atoms with Crippen LogP contribution in [0.2, 0.25) is 0 Å². The first-order chi connectivity index (χ1) is 8.05. The summed E-state index contributed by atoms with van der Waals surface area (Å²) in [7, 11) is 1.49. The molecule has 0 unspecified atom stereocenters. The second-order valence-electron chi connectivity index (χ2n) is 4.17. The number of aliphatic imine (C=N–C) groups is 1.